The Labute approximate surface area is 90.6 Å². The van der Waals surface area contributed by atoms with Gasteiger partial charge in [-0.2, -0.15) is 0 Å². The van der Waals surface area contributed by atoms with Gasteiger partial charge in [-0.1, -0.05) is 0 Å². The minimum Gasteiger partial charge on any atom is -0.465 e. The van der Waals surface area contributed by atoms with Crippen LogP contribution in [-0.2, 0) is 9.53 Å². The Balaban J connectivity index is 3.05. The summed E-state index contributed by atoms with van der Waals surface area (Å²) in [4.78, 5) is 22.9. The lowest BCUT2D eigenvalue weighted by atomic mass is 10.3. The quantitative estimate of drug-likeness (QED) is 0.605. The Bertz CT molecular complexity index is 411. The number of ether oxygens (including phenoxy) is 1. The van der Waals surface area contributed by atoms with Gasteiger partial charge in [0.2, 0.25) is 5.91 Å². The molecular weight excluding hydrogens is 216 g/mol. The molecule has 1 rings (SSSR count). The van der Waals surface area contributed by atoms with E-state index in [0.717, 1.165) is 17.6 Å². The summed E-state index contributed by atoms with van der Waals surface area (Å²) < 4.78 is 4.54. The van der Waals surface area contributed by atoms with E-state index in [1.807, 2.05) is 0 Å². The fraction of sp³-hybridized carbons (Fsp3) is 0.222. The third kappa shape index (κ3) is 2.63. The number of esters is 1. The van der Waals surface area contributed by atoms with Crippen LogP contribution in [0.5, 0.6) is 0 Å². The van der Waals surface area contributed by atoms with Crippen molar-refractivity contribution in [1.29, 1.82) is 5.41 Å². The van der Waals surface area contributed by atoms with Crippen LogP contribution in [0.15, 0.2) is 6.07 Å². The minimum absolute atomic E-state index is 0.243. The number of thiophene rings is 1. The van der Waals surface area contributed by atoms with Crippen LogP contribution in [0.3, 0.4) is 0 Å². The number of nitrogens with one attached hydrogen (secondary N) is 2. The standard InChI is InChI=1S/C9H10N2O3S/c1-5(12)11-6-3-7(9(13)14-2)15-8(6)4-10/h3-4,10H,1-2H3,(H,11,12). The van der Waals surface area contributed by atoms with Crippen molar-refractivity contribution in [2.75, 3.05) is 12.4 Å². The van der Waals surface area contributed by atoms with Crippen molar-refractivity contribution in [3.05, 3.63) is 15.8 Å². The largest absolute Gasteiger partial charge is 0.465 e. The van der Waals surface area contributed by atoms with Crippen LogP contribution in [-0.4, -0.2) is 25.2 Å². The molecule has 1 amide bonds. The minimum atomic E-state index is -0.472. The lowest BCUT2D eigenvalue weighted by Crippen LogP contribution is -2.06. The number of carbonyl (C=O) groups is 2. The predicted molar refractivity (Wildman–Crippen MR) is 57.8 cm³/mol. The van der Waals surface area contributed by atoms with E-state index in [2.05, 4.69) is 10.1 Å². The number of hydrogen-bond donors (Lipinski definition) is 2. The van der Waals surface area contributed by atoms with Gasteiger partial charge in [-0.25, -0.2) is 4.79 Å². The molecule has 0 aliphatic rings. The third-order valence-electron chi connectivity index (χ3n) is 1.59. The lowest BCUT2D eigenvalue weighted by Gasteiger charge is -1.97. The molecule has 0 atom stereocenters. The van der Waals surface area contributed by atoms with Gasteiger partial charge in [-0.15, -0.1) is 11.3 Å². The average molecular weight is 226 g/mol. The highest BCUT2D eigenvalue weighted by Crippen LogP contribution is 2.26. The molecular formula is C9H10N2O3S. The van der Waals surface area contributed by atoms with E-state index in [0.29, 0.717) is 15.4 Å². The molecule has 2 N–H and O–H groups in total. The number of amides is 1. The van der Waals surface area contributed by atoms with Gasteiger partial charge in [0.15, 0.2) is 0 Å². The van der Waals surface area contributed by atoms with Crippen molar-refractivity contribution in [2.24, 2.45) is 0 Å². The summed E-state index contributed by atoms with van der Waals surface area (Å²) in [5.74, 6) is -0.716. The normalized spacial score (nSPS) is 9.47. The molecule has 0 bridgehead atoms. The number of anilines is 1. The molecule has 80 valence electrons. The zero-order valence-corrected chi connectivity index (χ0v) is 9.10. The van der Waals surface area contributed by atoms with Crippen molar-refractivity contribution in [2.45, 2.75) is 6.92 Å². The van der Waals surface area contributed by atoms with Gasteiger partial charge >= 0.3 is 5.97 Å². The van der Waals surface area contributed by atoms with E-state index in [1.54, 1.807) is 0 Å². The van der Waals surface area contributed by atoms with Gasteiger partial charge in [0.05, 0.1) is 17.7 Å². The lowest BCUT2D eigenvalue weighted by molar-refractivity contribution is -0.114. The Morgan fingerprint density at radius 1 is 1.60 bits per heavy atom. The van der Waals surface area contributed by atoms with Gasteiger partial charge in [0.25, 0.3) is 0 Å². The number of methoxy groups -OCH3 is 1. The number of hydrogen-bond acceptors (Lipinski definition) is 5. The van der Waals surface area contributed by atoms with E-state index in [4.69, 9.17) is 5.41 Å². The summed E-state index contributed by atoms with van der Waals surface area (Å²) in [6, 6.07) is 1.50. The fourth-order valence-corrected chi connectivity index (χ4v) is 1.86. The first-order chi connectivity index (χ1) is 7.08. The van der Waals surface area contributed by atoms with Crippen LogP contribution in [0.2, 0.25) is 0 Å². The van der Waals surface area contributed by atoms with E-state index >= 15 is 0 Å². The molecule has 0 aliphatic carbocycles. The molecule has 0 radical (unpaired) electrons. The molecule has 1 heterocycles. The fourth-order valence-electron chi connectivity index (χ4n) is 1.00. The highest BCUT2D eigenvalue weighted by atomic mass is 32.1. The van der Waals surface area contributed by atoms with Gasteiger partial charge in [0.1, 0.15) is 4.88 Å². The molecule has 0 fully saturated rings. The maximum Gasteiger partial charge on any atom is 0.348 e. The van der Waals surface area contributed by atoms with E-state index in [-0.39, 0.29) is 5.91 Å². The first-order valence-electron chi connectivity index (χ1n) is 4.08. The second-order valence-electron chi connectivity index (χ2n) is 2.71. The van der Waals surface area contributed by atoms with Crippen LogP contribution >= 0.6 is 11.3 Å². The van der Waals surface area contributed by atoms with E-state index < -0.39 is 5.97 Å². The maximum absolute atomic E-state index is 11.2. The Morgan fingerprint density at radius 2 is 2.27 bits per heavy atom. The van der Waals surface area contributed by atoms with Crippen molar-refractivity contribution >= 4 is 35.1 Å². The zero-order chi connectivity index (χ0) is 11.4. The van der Waals surface area contributed by atoms with Gasteiger partial charge in [-0.05, 0) is 6.07 Å². The molecule has 5 nitrogen and oxygen atoms in total. The summed E-state index contributed by atoms with van der Waals surface area (Å²) in [7, 11) is 1.28. The molecule has 1 aromatic rings. The predicted octanol–water partition coefficient (Wildman–Crippen LogP) is 1.49. The third-order valence-corrected chi connectivity index (χ3v) is 2.65. The summed E-state index contributed by atoms with van der Waals surface area (Å²) in [5, 5.41) is 9.66. The van der Waals surface area contributed by atoms with Gasteiger partial charge in [-0.3, -0.25) is 4.79 Å². The van der Waals surface area contributed by atoms with Crippen molar-refractivity contribution < 1.29 is 14.3 Å². The Kier molecular flexibility index (Phi) is 3.56. The molecule has 0 aromatic carbocycles. The van der Waals surface area contributed by atoms with Crippen LogP contribution in [0.1, 0.15) is 21.5 Å². The number of rotatable bonds is 3. The molecule has 0 aliphatic heterocycles. The Hall–Kier alpha value is -1.69. The molecule has 0 spiro atoms. The first kappa shape index (κ1) is 11.4. The highest BCUT2D eigenvalue weighted by Gasteiger charge is 2.14. The van der Waals surface area contributed by atoms with E-state index in [9.17, 15) is 9.59 Å². The van der Waals surface area contributed by atoms with Gasteiger partial charge < -0.3 is 15.5 Å². The van der Waals surface area contributed by atoms with E-state index in [1.165, 1.54) is 20.1 Å². The SMILES string of the molecule is COC(=O)c1cc(NC(C)=O)c(C=N)s1. The molecule has 0 unspecified atom stereocenters. The molecule has 1 aromatic heterocycles. The summed E-state index contributed by atoms with van der Waals surface area (Å²) >= 11 is 1.10. The van der Waals surface area contributed by atoms with Crippen molar-refractivity contribution in [1.82, 2.24) is 0 Å². The van der Waals surface area contributed by atoms with Crippen LogP contribution in [0, 0.1) is 5.41 Å². The smallest absolute Gasteiger partial charge is 0.348 e. The van der Waals surface area contributed by atoms with Crippen LogP contribution < -0.4 is 5.32 Å². The number of carbonyl (C=O) groups excluding carboxylic acids is 2. The molecule has 0 saturated carbocycles. The Morgan fingerprint density at radius 3 is 2.73 bits per heavy atom. The van der Waals surface area contributed by atoms with Crippen molar-refractivity contribution in [3.63, 3.8) is 0 Å². The monoisotopic (exact) mass is 226 g/mol. The summed E-state index contributed by atoms with van der Waals surface area (Å²) in [5.41, 5.74) is 0.461. The summed E-state index contributed by atoms with van der Waals surface area (Å²) in [6.45, 7) is 1.36. The second kappa shape index (κ2) is 4.70. The van der Waals surface area contributed by atoms with Crippen molar-refractivity contribution in [3.8, 4) is 0 Å². The van der Waals surface area contributed by atoms with Crippen LogP contribution in [0.4, 0.5) is 5.69 Å². The topological polar surface area (TPSA) is 79.2 Å². The van der Waals surface area contributed by atoms with Gasteiger partial charge in [0, 0.05) is 13.1 Å². The maximum atomic E-state index is 11.2. The molecule has 0 saturated heterocycles. The first-order valence-corrected chi connectivity index (χ1v) is 4.90. The highest BCUT2D eigenvalue weighted by molar-refractivity contribution is 7.16. The average Bonchev–Trinajstić information content (AvgIpc) is 2.59. The molecule has 6 heteroatoms. The zero-order valence-electron chi connectivity index (χ0n) is 8.29. The molecule has 15 heavy (non-hydrogen) atoms. The second-order valence-corrected chi connectivity index (χ2v) is 3.79. The van der Waals surface area contributed by atoms with Crippen LogP contribution in [0.25, 0.3) is 0 Å². The summed E-state index contributed by atoms with van der Waals surface area (Å²) in [6.07, 6.45) is 1.09.